The molecule has 5 rings (SSSR count). The van der Waals surface area contributed by atoms with E-state index in [2.05, 4.69) is 35.1 Å². The van der Waals surface area contributed by atoms with Gasteiger partial charge in [-0.05, 0) is 63.6 Å². The summed E-state index contributed by atoms with van der Waals surface area (Å²) in [5.41, 5.74) is 6.59. The Bertz CT molecular complexity index is 1270. The molecule has 2 aliphatic rings. The van der Waals surface area contributed by atoms with E-state index in [1.165, 1.54) is 11.3 Å². The maximum Gasteiger partial charge on any atom is 0.252 e. The lowest BCUT2D eigenvalue weighted by Crippen LogP contribution is -2.55. The third-order valence-corrected chi connectivity index (χ3v) is 7.51. The third kappa shape index (κ3) is 4.35. The predicted molar refractivity (Wildman–Crippen MR) is 136 cm³/mol. The zero-order chi connectivity index (χ0) is 24.9. The molecule has 0 bridgehead atoms. The molecule has 1 saturated heterocycles. The summed E-state index contributed by atoms with van der Waals surface area (Å²) in [4.78, 5) is 32.7. The fraction of sp³-hybridized carbons (Fsp3) is 0.519. The molecule has 1 aliphatic carbocycles. The van der Waals surface area contributed by atoms with Gasteiger partial charge in [-0.25, -0.2) is 0 Å². The normalized spacial score (nSPS) is 21.9. The van der Waals surface area contributed by atoms with Crippen LogP contribution in [0.15, 0.2) is 24.3 Å². The molecule has 2 aromatic heterocycles. The maximum absolute atomic E-state index is 13.2. The number of hydrogen-bond acceptors (Lipinski definition) is 4. The lowest BCUT2D eigenvalue weighted by Gasteiger charge is -2.37. The highest BCUT2D eigenvalue weighted by atomic mass is 16.5. The van der Waals surface area contributed by atoms with Crippen LogP contribution >= 0.6 is 0 Å². The lowest BCUT2D eigenvalue weighted by molar-refractivity contribution is -0.158. The van der Waals surface area contributed by atoms with Crippen LogP contribution in [0.3, 0.4) is 0 Å². The van der Waals surface area contributed by atoms with Gasteiger partial charge >= 0.3 is 0 Å². The van der Waals surface area contributed by atoms with Crippen molar-refractivity contribution in [1.29, 1.82) is 0 Å². The number of rotatable bonds is 5. The van der Waals surface area contributed by atoms with Gasteiger partial charge in [0.25, 0.3) is 5.91 Å². The van der Waals surface area contributed by atoms with Crippen molar-refractivity contribution >= 4 is 28.4 Å². The summed E-state index contributed by atoms with van der Waals surface area (Å²) in [7, 11) is 0. The summed E-state index contributed by atoms with van der Waals surface area (Å²) in [6.07, 6.45) is 2.66. The molecule has 2 N–H and O–H groups in total. The van der Waals surface area contributed by atoms with E-state index in [0.717, 1.165) is 47.2 Å². The smallest absolute Gasteiger partial charge is 0.252 e. The molecule has 186 valence electrons. The van der Waals surface area contributed by atoms with Crippen molar-refractivity contribution in [3.05, 3.63) is 35.5 Å². The first kappa shape index (κ1) is 23.6. The second-order valence-corrected chi connectivity index (χ2v) is 10.8. The van der Waals surface area contributed by atoms with Gasteiger partial charge in [0, 0.05) is 34.4 Å². The molecule has 1 aliphatic heterocycles. The number of ether oxygens (including phenoxy) is 1. The van der Waals surface area contributed by atoms with E-state index < -0.39 is 6.10 Å². The van der Waals surface area contributed by atoms with Gasteiger partial charge in [0.2, 0.25) is 5.91 Å². The Morgan fingerprint density at radius 2 is 2.09 bits per heavy atom. The van der Waals surface area contributed by atoms with Crippen LogP contribution < -0.4 is 4.90 Å². The van der Waals surface area contributed by atoms with Crippen molar-refractivity contribution in [2.45, 2.75) is 66.0 Å². The van der Waals surface area contributed by atoms with Crippen molar-refractivity contribution in [2.24, 2.45) is 5.41 Å². The largest absolute Gasteiger partial charge is 0.367 e. The zero-order valence-electron chi connectivity index (χ0n) is 21.3. The summed E-state index contributed by atoms with van der Waals surface area (Å²) in [6.45, 7) is 11.2. The zero-order valence-corrected chi connectivity index (χ0v) is 21.3. The summed E-state index contributed by atoms with van der Waals surface area (Å²) >= 11 is 0. The highest BCUT2D eigenvalue weighted by Crippen LogP contribution is 2.38. The van der Waals surface area contributed by atoms with E-state index in [1.54, 1.807) is 16.7 Å². The number of aromatic nitrogens is 3. The Morgan fingerprint density at radius 1 is 1.29 bits per heavy atom. The van der Waals surface area contributed by atoms with Crippen LogP contribution in [0.25, 0.3) is 22.3 Å². The molecule has 35 heavy (non-hydrogen) atoms. The van der Waals surface area contributed by atoms with Crippen LogP contribution in [0, 0.1) is 5.41 Å². The van der Waals surface area contributed by atoms with E-state index in [4.69, 9.17) is 4.74 Å². The number of carbonyl (C=O) groups is 2. The summed E-state index contributed by atoms with van der Waals surface area (Å²) in [6, 6.07) is 8.02. The van der Waals surface area contributed by atoms with E-state index in [-0.39, 0.29) is 24.4 Å². The van der Waals surface area contributed by atoms with E-state index in [9.17, 15) is 9.59 Å². The minimum Gasteiger partial charge on any atom is -0.367 e. The summed E-state index contributed by atoms with van der Waals surface area (Å²) in [5, 5.41) is 8.99. The van der Waals surface area contributed by atoms with Gasteiger partial charge in [0.1, 0.15) is 18.3 Å². The van der Waals surface area contributed by atoms with Crippen LogP contribution in [0.4, 0.5) is 5.69 Å². The van der Waals surface area contributed by atoms with E-state index in [0.29, 0.717) is 18.6 Å². The van der Waals surface area contributed by atoms with Crippen LogP contribution in [0.1, 0.15) is 52.3 Å². The number of fused-ring (bicyclic) bond motifs is 2. The Balaban J connectivity index is 1.39. The second kappa shape index (κ2) is 8.82. The van der Waals surface area contributed by atoms with Crippen molar-refractivity contribution in [1.82, 2.24) is 20.1 Å². The SMILES string of the molecule is CCN(C(=O)CN1C(=O)C(C)OC[C@H]1C)c1ccc2cc(-c3n[nH]c4c3CCC(C)(C)C4)[nH]c2c1. The highest BCUT2D eigenvalue weighted by molar-refractivity contribution is 5.99. The molecule has 0 spiro atoms. The average Bonchev–Trinajstić information content (AvgIpc) is 3.42. The fourth-order valence-corrected chi connectivity index (χ4v) is 5.34. The van der Waals surface area contributed by atoms with Gasteiger partial charge in [0.05, 0.1) is 18.3 Å². The number of amides is 2. The first-order valence-electron chi connectivity index (χ1n) is 12.6. The van der Waals surface area contributed by atoms with Crippen molar-refractivity contribution < 1.29 is 14.3 Å². The Hall–Kier alpha value is -3.13. The van der Waals surface area contributed by atoms with Gasteiger partial charge in [-0.15, -0.1) is 0 Å². The third-order valence-electron chi connectivity index (χ3n) is 7.51. The molecule has 1 aromatic carbocycles. The molecule has 0 radical (unpaired) electrons. The molecular weight excluding hydrogens is 442 g/mol. The number of hydrogen-bond donors (Lipinski definition) is 2. The van der Waals surface area contributed by atoms with E-state index >= 15 is 0 Å². The molecule has 8 heteroatoms. The molecule has 2 amide bonds. The van der Waals surface area contributed by atoms with Gasteiger partial charge in [-0.3, -0.25) is 14.7 Å². The number of nitrogens with one attached hydrogen (secondary N) is 2. The first-order chi connectivity index (χ1) is 16.7. The number of nitrogens with zero attached hydrogens (tertiary/aromatic N) is 3. The van der Waals surface area contributed by atoms with Crippen LogP contribution in [-0.4, -0.2) is 63.7 Å². The number of likely N-dealkylation sites (N-methyl/N-ethyl adjacent to an activating group) is 1. The van der Waals surface area contributed by atoms with Gasteiger partial charge < -0.3 is 19.5 Å². The highest BCUT2D eigenvalue weighted by Gasteiger charge is 2.34. The summed E-state index contributed by atoms with van der Waals surface area (Å²) < 4.78 is 5.48. The number of carbonyl (C=O) groups excluding carboxylic acids is 2. The van der Waals surface area contributed by atoms with Gasteiger partial charge in [0.15, 0.2) is 0 Å². The predicted octanol–water partition coefficient (Wildman–Crippen LogP) is 4.06. The second-order valence-electron chi connectivity index (χ2n) is 10.8. The Morgan fingerprint density at radius 3 is 2.86 bits per heavy atom. The van der Waals surface area contributed by atoms with Crippen molar-refractivity contribution in [2.75, 3.05) is 24.6 Å². The monoisotopic (exact) mass is 477 g/mol. The van der Waals surface area contributed by atoms with Crippen LogP contribution in [0.5, 0.6) is 0 Å². The maximum atomic E-state index is 13.2. The van der Waals surface area contributed by atoms with Crippen LogP contribution in [-0.2, 0) is 27.2 Å². The molecule has 3 aromatic rings. The molecule has 1 unspecified atom stereocenters. The number of H-pyrrole nitrogens is 2. The number of morpholine rings is 1. The fourth-order valence-electron chi connectivity index (χ4n) is 5.34. The Kier molecular flexibility index (Phi) is 5.95. The van der Waals surface area contributed by atoms with Gasteiger partial charge in [-0.2, -0.15) is 5.10 Å². The molecule has 2 atom stereocenters. The minimum absolute atomic E-state index is 0.0469. The quantitative estimate of drug-likeness (QED) is 0.579. The van der Waals surface area contributed by atoms with E-state index in [1.807, 2.05) is 32.0 Å². The van der Waals surface area contributed by atoms with Gasteiger partial charge in [-0.1, -0.05) is 19.9 Å². The Labute approximate surface area is 206 Å². The first-order valence-corrected chi connectivity index (χ1v) is 12.6. The summed E-state index contributed by atoms with van der Waals surface area (Å²) in [5.74, 6) is -0.236. The molecule has 8 nitrogen and oxygen atoms in total. The number of benzene rings is 1. The van der Waals surface area contributed by atoms with Crippen molar-refractivity contribution in [3.8, 4) is 11.4 Å². The number of anilines is 1. The molecule has 3 heterocycles. The number of aromatic amines is 2. The topological polar surface area (TPSA) is 94.3 Å². The molecular formula is C27H35N5O3. The minimum atomic E-state index is -0.512. The van der Waals surface area contributed by atoms with Crippen molar-refractivity contribution in [3.63, 3.8) is 0 Å². The molecule has 1 fully saturated rings. The standard InChI is InChI=1S/C27H35N5O3/c1-6-31(24(33)14-32-16(2)15-35-17(3)26(32)34)19-8-7-18-11-22(28-21(18)12-19)25-20-9-10-27(4,5)13-23(20)29-30-25/h7-8,11-12,16-17,28H,6,9-10,13-15H2,1-5H3,(H,29,30)/t16-,17?/m1/s1. The molecule has 0 saturated carbocycles. The van der Waals surface area contributed by atoms with Crippen LogP contribution in [0.2, 0.25) is 0 Å². The lowest BCUT2D eigenvalue weighted by atomic mass is 9.76. The average molecular weight is 478 g/mol.